The third-order valence-electron chi connectivity index (χ3n) is 5.41. The number of hydrogen-bond acceptors (Lipinski definition) is 6. The maximum absolute atomic E-state index is 13.3. The zero-order valence-corrected chi connectivity index (χ0v) is 17.4. The number of aryl methyl sites for hydroxylation is 1. The van der Waals surface area contributed by atoms with Gasteiger partial charge in [-0.2, -0.15) is 10.2 Å². The molecule has 0 saturated carbocycles. The van der Waals surface area contributed by atoms with Crippen LogP contribution >= 0.6 is 0 Å². The van der Waals surface area contributed by atoms with E-state index < -0.39 is 47.4 Å². The van der Waals surface area contributed by atoms with Gasteiger partial charge in [-0.05, 0) is 33.2 Å². The molecule has 0 aliphatic carbocycles. The van der Waals surface area contributed by atoms with E-state index in [9.17, 15) is 9.59 Å². The van der Waals surface area contributed by atoms with Crippen LogP contribution in [-0.2, 0) is 16.4 Å². The largest absolute Gasteiger partial charge is 0.494 e. The Kier molecular flexibility index (Phi) is 3.92. The first kappa shape index (κ1) is 16.7. The van der Waals surface area contributed by atoms with E-state index in [0.717, 1.165) is 4.68 Å². The van der Waals surface area contributed by atoms with Crippen LogP contribution in [0.2, 0.25) is 0 Å². The van der Waals surface area contributed by atoms with Gasteiger partial charge < -0.3 is 9.31 Å². The van der Waals surface area contributed by atoms with Gasteiger partial charge in [0.05, 0.1) is 27.7 Å². The van der Waals surface area contributed by atoms with Crippen LogP contribution in [0.15, 0.2) is 53.6 Å². The molecule has 3 heterocycles. The topological polar surface area (TPSA) is 88.2 Å². The second kappa shape index (κ2) is 7.03. The van der Waals surface area contributed by atoms with Crippen molar-refractivity contribution in [3.8, 4) is 5.69 Å². The van der Waals surface area contributed by atoms with Crippen molar-refractivity contribution in [2.75, 3.05) is 0 Å². The molecule has 1 fully saturated rings. The Morgan fingerprint density at radius 1 is 1.20 bits per heavy atom. The number of aromatic nitrogens is 4. The van der Waals surface area contributed by atoms with Crippen molar-refractivity contribution < 1.29 is 18.2 Å². The van der Waals surface area contributed by atoms with Gasteiger partial charge in [-0.1, -0.05) is 24.2 Å². The third-order valence-corrected chi connectivity index (χ3v) is 5.41. The van der Waals surface area contributed by atoms with Crippen LogP contribution in [0.1, 0.15) is 47.9 Å². The highest BCUT2D eigenvalue weighted by Crippen LogP contribution is 2.36. The number of hydrogen-bond donors (Lipinski definition) is 0. The molecule has 2 aromatic heterocycles. The number of rotatable bonds is 4. The Balaban J connectivity index is 1.79. The van der Waals surface area contributed by atoms with Gasteiger partial charge in [0.1, 0.15) is 5.69 Å². The average molecular weight is 409 g/mol. The zero-order chi connectivity index (χ0) is 24.3. The fourth-order valence-electron chi connectivity index (χ4n) is 2.98. The van der Waals surface area contributed by atoms with E-state index in [0.29, 0.717) is 11.2 Å². The van der Waals surface area contributed by atoms with Crippen molar-refractivity contribution in [3.63, 3.8) is 0 Å². The summed E-state index contributed by atoms with van der Waals surface area (Å²) < 4.78 is 39.2. The van der Waals surface area contributed by atoms with E-state index in [1.165, 1.54) is 23.1 Å². The lowest BCUT2D eigenvalue weighted by Crippen LogP contribution is -2.41. The molecule has 0 N–H and O–H groups in total. The molecular formula is C21H23BN4O4. The summed E-state index contributed by atoms with van der Waals surface area (Å²) >= 11 is 0. The predicted octanol–water partition coefficient (Wildman–Crippen LogP) is 1.50. The second-order valence-corrected chi connectivity index (χ2v) is 8.14. The lowest BCUT2D eigenvalue weighted by Gasteiger charge is -2.32. The summed E-state index contributed by atoms with van der Waals surface area (Å²) in [6.07, 6.45) is 2.47. The molecular weight excluding hydrogens is 383 g/mol. The first-order valence-corrected chi connectivity index (χ1v) is 9.43. The van der Waals surface area contributed by atoms with Gasteiger partial charge in [0.15, 0.2) is 5.69 Å². The van der Waals surface area contributed by atoms with Crippen LogP contribution in [-0.4, -0.2) is 43.7 Å². The van der Waals surface area contributed by atoms with Gasteiger partial charge in [0.2, 0.25) is 11.2 Å². The normalized spacial score (nSPS) is 18.7. The van der Waals surface area contributed by atoms with E-state index >= 15 is 0 Å². The van der Waals surface area contributed by atoms with Crippen molar-refractivity contribution in [1.82, 2.24) is 19.6 Å². The summed E-state index contributed by atoms with van der Waals surface area (Å²) in [7, 11) is 0.800. The standard InChI is InChI=1S/C21H23BN4O4/c1-20(2)21(3,4)30-22(29-20)15-8-6-7-14(11-15)19(28)18-17(27)9-10-26(24-18)16-12-23-25(5)13-16/h6-13H,1-5H3/i9D,10D,11D. The average Bonchev–Trinajstić information content (AvgIpc) is 3.25. The number of benzene rings is 1. The molecule has 1 aliphatic heterocycles. The van der Waals surface area contributed by atoms with E-state index in [2.05, 4.69) is 10.2 Å². The molecule has 1 aromatic carbocycles. The summed E-state index contributed by atoms with van der Waals surface area (Å²) in [5, 5.41) is 8.06. The first-order chi connectivity index (χ1) is 15.3. The van der Waals surface area contributed by atoms with Gasteiger partial charge in [-0.3, -0.25) is 14.3 Å². The molecule has 1 saturated heterocycles. The van der Waals surface area contributed by atoms with Crippen LogP contribution in [0, 0.1) is 0 Å². The van der Waals surface area contributed by atoms with E-state index in [1.54, 1.807) is 19.2 Å². The maximum atomic E-state index is 13.3. The Labute approximate surface area is 178 Å². The Bertz CT molecular complexity index is 1320. The number of nitrogens with zero attached hydrogens (tertiary/aromatic N) is 4. The summed E-state index contributed by atoms with van der Waals surface area (Å²) in [6.45, 7) is 7.53. The van der Waals surface area contributed by atoms with Crippen LogP contribution in [0.25, 0.3) is 5.69 Å². The highest BCUT2D eigenvalue weighted by molar-refractivity contribution is 6.62. The molecule has 9 heteroatoms. The fourth-order valence-corrected chi connectivity index (χ4v) is 2.98. The van der Waals surface area contributed by atoms with Gasteiger partial charge >= 0.3 is 7.12 Å². The summed E-state index contributed by atoms with van der Waals surface area (Å²) in [4.78, 5) is 26.0. The number of ketones is 1. The summed E-state index contributed by atoms with van der Waals surface area (Å²) in [6, 6.07) is 3.78. The molecule has 3 aromatic rings. The quantitative estimate of drug-likeness (QED) is 0.479. The lowest BCUT2D eigenvalue weighted by atomic mass is 9.78. The minimum Gasteiger partial charge on any atom is -0.399 e. The Hall–Kier alpha value is -3.04. The van der Waals surface area contributed by atoms with Crippen molar-refractivity contribution in [2.45, 2.75) is 38.9 Å². The van der Waals surface area contributed by atoms with Crippen LogP contribution in [0.4, 0.5) is 0 Å². The van der Waals surface area contributed by atoms with Crippen molar-refractivity contribution >= 4 is 18.4 Å². The van der Waals surface area contributed by atoms with Gasteiger partial charge in [-0.25, -0.2) is 4.68 Å². The Morgan fingerprint density at radius 2 is 1.90 bits per heavy atom. The van der Waals surface area contributed by atoms with Crippen molar-refractivity contribution in [2.24, 2.45) is 7.05 Å². The third kappa shape index (κ3) is 3.50. The number of carbonyl (C=O) groups excluding carboxylic acids is 1. The molecule has 154 valence electrons. The minimum absolute atomic E-state index is 0.0818. The molecule has 4 rings (SSSR count). The van der Waals surface area contributed by atoms with Gasteiger partial charge in [0, 0.05) is 24.8 Å². The van der Waals surface area contributed by atoms with Crippen LogP contribution in [0.3, 0.4) is 0 Å². The molecule has 0 radical (unpaired) electrons. The Morgan fingerprint density at radius 3 is 2.53 bits per heavy atom. The smallest absolute Gasteiger partial charge is 0.399 e. The van der Waals surface area contributed by atoms with Crippen molar-refractivity contribution in [1.29, 1.82) is 0 Å². The summed E-state index contributed by atoms with van der Waals surface area (Å²) in [5.41, 5.74) is -2.22. The molecule has 0 atom stereocenters. The van der Waals surface area contributed by atoms with E-state index in [1.807, 2.05) is 27.7 Å². The molecule has 0 unspecified atom stereocenters. The monoisotopic (exact) mass is 409 g/mol. The molecule has 0 amide bonds. The zero-order valence-electron chi connectivity index (χ0n) is 20.4. The number of carbonyl (C=O) groups is 1. The molecule has 30 heavy (non-hydrogen) atoms. The fraction of sp³-hybridized carbons (Fsp3) is 0.333. The van der Waals surface area contributed by atoms with Gasteiger partial charge in [-0.15, -0.1) is 0 Å². The van der Waals surface area contributed by atoms with E-state index in [4.69, 9.17) is 13.4 Å². The van der Waals surface area contributed by atoms with Crippen LogP contribution in [0.5, 0.6) is 0 Å². The molecule has 8 nitrogen and oxygen atoms in total. The highest BCUT2D eigenvalue weighted by Gasteiger charge is 2.51. The van der Waals surface area contributed by atoms with Gasteiger partial charge in [0.25, 0.3) is 0 Å². The molecule has 1 aliphatic rings. The van der Waals surface area contributed by atoms with Crippen molar-refractivity contribution in [3.05, 3.63) is 70.3 Å². The lowest BCUT2D eigenvalue weighted by molar-refractivity contribution is 0.00578. The second-order valence-electron chi connectivity index (χ2n) is 8.14. The minimum atomic E-state index is -0.981. The SMILES string of the molecule is [2H]c1c(B2OC(C)(C)C(C)(C)O2)cccc1C(=O)c1nn(-c2cnn(C)c2)c([2H])c([2H])c1=O. The highest BCUT2D eigenvalue weighted by atomic mass is 16.7. The summed E-state index contributed by atoms with van der Waals surface area (Å²) in [5.74, 6) is -0.825. The van der Waals surface area contributed by atoms with E-state index in [-0.39, 0.29) is 11.6 Å². The van der Waals surface area contributed by atoms with Crippen LogP contribution < -0.4 is 10.9 Å². The molecule has 0 bridgehead atoms. The molecule has 0 spiro atoms. The first-order valence-electron chi connectivity index (χ1n) is 10.9. The maximum Gasteiger partial charge on any atom is 0.494 e. The predicted molar refractivity (Wildman–Crippen MR) is 112 cm³/mol.